The van der Waals surface area contributed by atoms with E-state index >= 15 is 0 Å². The second-order valence-corrected chi connectivity index (χ2v) is 5.98. The van der Waals surface area contributed by atoms with E-state index in [1.807, 2.05) is 25.6 Å². The topological polar surface area (TPSA) is 59.1 Å². The first-order valence-corrected chi connectivity index (χ1v) is 7.72. The normalized spacial score (nSPS) is 20.4. The molecule has 6 heteroatoms. The lowest BCUT2D eigenvalue weighted by molar-refractivity contribution is 0.118. The summed E-state index contributed by atoms with van der Waals surface area (Å²) < 4.78 is 3.46. The molecule has 0 unspecified atom stereocenters. The monoisotopic (exact) mass is 301 g/mol. The maximum absolute atomic E-state index is 10.4. The highest BCUT2D eigenvalue weighted by Crippen LogP contribution is 2.28. The third kappa shape index (κ3) is 3.28. The number of aliphatic hydroxyl groups is 1. The smallest absolute Gasteiger partial charge is 0.0835 e. The molecule has 6 nitrogen and oxygen atoms in total. The van der Waals surface area contributed by atoms with Gasteiger partial charge in [0.2, 0.25) is 0 Å². The SMILES string of the molecule is C=Cn1cc(CN2CCC[C@H]2C[C@H](O)c2cnn(C)c2)cn1. The molecular formula is C16H23N5O. The number of hydrogen-bond acceptors (Lipinski definition) is 4. The summed E-state index contributed by atoms with van der Waals surface area (Å²) in [7, 11) is 1.87. The Kier molecular flexibility index (Phi) is 4.40. The van der Waals surface area contributed by atoms with E-state index in [1.54, 1.807) is 21.8 Å². The van der Waals surface area contributed by atoms with Crippen LogP contribution in [-0.2, 0) is 13.6 Å². The third-order valence-corrected chi connectivity index (χ3v) is 4.33. The zero-order valence-corrected chi connectivity index (χ0v) is 13.0. The van der Waals surface area contributed by atoms with E-state index in [9.17, 15) is 5.11 Å². The van der Waals surface area contributed by atoms with Gasteiger partial charge in [0, 0.05) is 49.4 Å². The van der Waals surface area contributed by atoms with Crippen molar-refractivity contribution in [2.45, 2.75) is 38.0 Å². The second-order valence-electron chi connectivity index (χ2n) is 5.98. The zero-order chi connectivity index (χ0) is 15.5. The van der Waals surface area contributed by atoms with Crippen molar-refractivity contribution in [3.63, 3.8) is 0 Å². The van der Waals surface area contributed by atoms with E-state index in [0.29, 0.717) is 6.04 Å². The molecule has 0 amide bonds. The van der Waals surface area contributed by atoms with Crippen LogP contribution in [0.4, 0.5) is 0 Å². The van der Waals surface area contributed by atoms with Crippen LogP contribution in [0, 0.1) is 0 Å². The van der Waals surface area contributed by atoms with E-state index in [4.69, 9.17) is 0 Å². The van der Waals surface area contributed by atoms with Gasteiger partial charge in [-0.15, -0.1) is 0 Å². The van der Waals surface area contributed by atoms with Crippen molar-refractivity contribution in [3.05, 3.63) is 42.5 Å². The predicted molar refractivity (Wildman–Crippen MR) is 84.8 cm³/mol. The van der Waals surface area contributed by atoms with Crippen LogP contribution in [0.15, 0.2) is 31.4 Å². The number of aliphatic hydroxyl groups excluding tert-OH is 1. The van der Waals surface area contributed by atoms with Crippen LogP contribution in [0.25, 0.3) is 6.20 Å². The van der Waals surface area contributed by atoms with E-state index < -0.39 is 6.10 Å². The number of aromatic nitrogens is 4. The first-order chi connectivity index (χ1) is 10.7. The fourth-order valence-corrected chi connectivity index (χ4v) is 3.17. The van der Waals surface area contributed by atoms with Gasteiger partial charge in [-0.2, -0.15) is 10.2 Å². The molecular weight excluding hydrogens is 278 g/mol. The van der Waals surface area contributed by atoms with Gasteiger partial charge in [-0.3, -0.25) is 9.58 Å². The van der Waals surface area contributed by atoms with Gasteiger partial charge in [0.1, 0.15) is 0 Å². The number of likely N-dealkylation sites (tertiary alicyclic amines) is 1. The molecule has 3 heterocycles. The van der Waals surface area contributed by atoms with E-state index in [-0.39, 0.29) is 0 Å². The van der Waals surface area contributed by atoms with Crippen LogP contribution in [0.1, 0.15) is 36.5 Å². The van der Waals surface area contributed by atoms with Crippen molar-refractivity contribution < 1.29 is 5.11 Å². The Morgan fingerprint density at radius 2 is 2.27 bits per heavy atom. The molecule has 118 valence electrons. The highest BCUT2D eigenvalue weighted by atomic mass is 16.3. The van der Waals surface area contributed by atoms with Crippen molar-refractivity contribution in [3.8, 4) is 0 Å². The molecule has 0 bridgehead atoms. The minimum absolute atomic E-state index is 0.405. The number of nitrogens with zero attached hydrogens (tertiary/aromatic N) is 5. The van der Waals surface area contributed by atoms with Gasteiger partial charge in [-0.05, 0) is 25.8 Å². The van der Waals surface area contributed by atoms with Gasteiger partial charge in [0.25, 0.3) is 0 Å². The maximum Gasteiger partial charge on any atom is 0.0835 e. The quantitative estimate of drug-likeness (QED) is 0.884. The minimum Gasteiger partial charge on any atom is -0.388 e. The highest BCUT2D eigenvalue weighted by Gasteiger charge is 2.27. The highest BCUT2D eigenvalue weighted by molar-refractivity contribution is 5.18. The van der Waals surface area contributed by atoms with E-state index in [0.717, 1.165) is 31.5 Å². The number of aryl methyl sites for hydroxylation is 1. The van der Waals surface area contributed by atoms with Gasteiger partial charge < -0.3 is 5.11 Å². The number of rotatable bonds is 6. The van der Waals surface area contributed by atoms with Crippen molar-refractivity contribution in [1.29, 1.82) is 0 Å². The molecule has 0 radical (unpaired) electrons. The molecule has 1 fully saturated rings. The Morgan fingerprint density at radius 1 is 1.41 bits per heavy atom. The lowest BCUT2D eigenvalue weighted by atomic mass is 10.0. The largest absolute Gasteiger partial charge is 0.388 e. The predicted octanol–water partition coefficient (Wildman–Crippen LogP) is 1.81. The zero-order valence-electron chi connectivity index (χ0n) is 13.0. The fourth-order valence-electron chi connectivity index (χ4n) is 3.17. The Balaban J connectivity index is 1.61. The van der Waals surface area contributed by atoms with Crippen LogP contribution in [0.2, 0.25) is 0 Å². The second kappa shape index (κ2) is 6.46. The van der Waals surface area contributed by atoms with Crippen LogP contribution < -0.4 is 0 Å². The molecule has 22 heavy (non-hydrogen) atoms. The van der Waals surface area contributed by atoms with Crippen LogP contribution in [0.3, 0.4) is 0 Å². The van der Waals surface area contributed by atoms with Crippen molar-refractivity contribution >= 4 is 6.20 Å². The van der Waals surface area contributed by atoms with Crippen LogP contribution in [0.5, 0.6) is 0 Å². The Morgan fingerprint density at radius 3 is 2.95 bits per heavy atom. The summed E-state index contributed by atoms with van der Waals surface area (Å²) in [5.41, 5.74) is 2.08. The summed E-state index contributed by atoms with van der Waals surface area (Å²) in [6.07, 6.45) is 11.8. The van der Waals surface area contributed by atoms with Gasteiger partial charge >= 0.3 is 0 Å². The molecule has 0 aromatic carbocycles. The lowest BCUT2D eigenvalue weighted by Crippen LogP contribution is -2.30. The minimum atomic E-state index is -0.449. The molecule has 1 N–H and O–H groups in total. The maximum atomic E-state index is 10.4. The Labute approximate surface area is 130 Å². The molecule has 2 atom stereocenters. The Hall–Kier alpha value is -1.92. The van der Waals surface area contributed by atoms with Gasteiger partial charge in [0.05, 0.1) is 18.5 Å². The van der Waals surface area contributed by atoms with Gasteiger partial charge in [-0.25, -0.2) is 4.68 Å². The molecule has 0 saturated carbocycles. The Bertz CT molecular complexity index is 632. The first-order valence-electron chi connectivity index (χ1n) is 7.72. The van der Waals surface area contributed by atoms with Crippen LogP contribution in [-0.4, -0.2) is 42.2 Å². The van der Waals surface area contributed by atoms with Crippen molar-refractivity contribution in [2.24, 2.45) is 7.05 Å². The third-order valence-electron chi connectivity index (χ3n) is 4.33. The lowest BCUT2D eigenvalue weighted by Gasteiger charge is -2.25. The van der Waals surface area contributed by atoms with Crippen molar-refractivity contribution in [2.75, 3.05) is 6.54 Å². The molecule has 0 aliphatic carbocycles. The summed E-state index contributed by atoms with van der Waals surface area (Å²) in [5, 5.41) is 18.8. The van der Waals surface area contributed by atoms with Crippen LogP contribution >= 0.6 is 0 Å². The van der Waals surface area contributed by atoms with Gasteiger partial charge in [-0.1, -0.05) is 6.58 Å². The van der Waals surface area contributed by atoms with Gasteiger partial charge in [0.15, 0.2) is 0 Å². The summed E-state index contributed by atoms with van der Waals surface area (Å²) in [4.78, 5) is 2.43. The summed E-state index contributed by atoms with van der Waals surface area (Å²) in [6, 6.07) is 0.405. The molecule has 2 aromatic heterocycles. The summed E-state index contributed by atoms with van der Waals surface area (Å²) >= 11 is 0. The molecule has 3 rings (SSSR count). The average Bonchev–Trinajstić information content (AvgIpc) is 3.22. The molecule has 1 aliphatic rings. The molecule has 1 saturated heterocycles. The fraction of sp³-hybridized carbons (Fsp3) is 0.500. The molecule has 1 aliphatic heterocycles. The number of hydrogen-bond donors (Lipinski definition) is 1. The molecule has 0 spiro atoms. The summed E-state index contributed by atoms with van der Waals surface area (Å²) in [5.74, 6) is 0. The summed E-state index contributed by atoms with van der Waals surface area (Å²) in [6.45, 7) is 5.66. The average molecular weight is 301 g/mol. The van der Waals surface area contributed by atoms with E-state index in [1.165, 1.54) is 12.0 Å². The van der Waals surface area contributed by atoms with Crippen molar-refractivity contribution in [1.82, 2.24) is 24.5 Å². The van der Waals surface area contributed by atoms with E-state index in [2.05, 4.69) is 21.7 Å². The molecule has 2 aromatic rings. The first kappa shape index (κ1) is 15.0. The standard InChI is InChI=1S/C16H23N5O/c1-3-21-11-13(8-18-21)10-20-6-4-5-15(20)7-16(22)14-9-17-19(2)12-14/h3,8-9,11-12,15-16,22H,1,4-7,10H2,2H3/t15-,16-/m0/s1.